The summed E-state index contributed by atoms with van der Waals surface area (Å²) >= 11 is 7.76. The molecule has 0 saturated carbocycles. The molecule has 1 aromatic heterocycles. The Morgan fingerprint density at radius 2 is 2.00 bits per heavy atom. The van der Waals surface area contributed by atoms with Crippen molar-refractivity contribution >= 4 is 40.3 Å². The molecular formula is C21H20ClNO2S. The van der Waals surface area contributed by atoms with Gasteiger partial charge in [-0.15, -0.1) is 0 Å². The number of rotatable bonds is 2. The number of nitrogens with zero attached hydrogens (tertiary/aromatic N) is 1. The van der Waals surface area contributed by atoms with Gasteiger partial charge in [0.15, 0.2) is 5.78 Å². The molecule has 26 heavy (non-hydrogen) atoms. The molecule has 1 amide bonds. The van der Waals surface area contributed by atoms with Gasteiger partial charge in [-0.05, 0) is 52.4 Å². The molecule has 0 saturated heterocycles. The number of amides is 1. The first-order chi connectivity index (χ1) is 12.4. The minimum absolute atomic E-state index is 0.0210. The maximum absolute atomic E-state index is 13.1. The van der Waals surface area contributed by atoms with Crippen LogP contribution in [0.3, 0.4) is 0 Å². The van der Waals surface area contributed by atoms with E-state index in [1.165, 1.54) is 0 Å². The van der Waals surface area contributed by atoms with Crippen molar-refractivity contribution in [2.24, 2.45) is 5.41 Å². The summed E-state index contributed by atoms with van der Waals surface area (Å²) in [7, 11) is 0. The molecule has 134 valence electrons. The molecule has 3 nitrogen and oxygen atoms in total. The van der Waals surface area contributed by atoms with E-state index < -0.39 is 0 Å². The van der Waals surface area contributed by atoms with Crippen LogP contribution in [0.4, 0.5) is 5.69 Å². The fourth-order valence-corrected chi connectivity index (χ4v) is 4.99. The number of allylic oxidation sites excluding steroid dienone is 2. The second kappa shape index (κ2) is 6.36. The van der Waals surface area contributed by atoms with E-state index in [2.05, 4.69) is 13.8 Å². The zero-order valence-electron chi connectivity index (χ0n) is 14.8. The molecule has 1 unspecified atom stereocenters. The second-order valence-electron chi connectivity index (χ2n) is 7.82. The lowest BCUT2D eigenvalue weighted by Gasteiger charge is -2.42. The summed E-state index contributed by atoms with van der Waals surface area (Å²) < 4.78 is 0. The van der Waals surface area contributed by atoms with Crippen LogP contribution in [0.25, 0.3) is 0 Å². The van der Waals surface area contributed by atoms with Crippen LogP contribution in [0.2, 0.25) is 5.02 Å². The first-order valence-corrected chi connectivity index (χ1v) is 10.0. The van der Waals surface area contributed by atoms with Crippen molar-refractivity contribution in [2.75, 3.05) is 4.90 Å². The topological polar surface area (TPSA) is 37.4 Å². The predicted octanol–water partition coefficient (Wildman–Crippen LogP) is 5.57. The van der Waals surface area contributed by atoms with Gasteiger partial charge in [0.2, 0.25) is 5.91 Å². The van der Waals surface area contributed by atoms with Crippen LogP contribution in [0.15, 0.2) is 52.4 Å². The molecular weight excluding hydrogens is 366 g/mol. The van der Waals surface area contributed by atoms with E-state index in [0.717, 1.165) is 22.5 Å². The molecule has 0 fully saturated rings. The first kappa shape index (κ1) is 17.5. The number of hydrogen-bond acceptors (Lipinski definition) is 3. The number of halogens is 1. The van der Waals surface area contributed by atoms with E-state index in [9.17, 15) is 9.59 Å². The molecule has 1 aliphatic carbocycles. The van der Waals surface area contributed by atoms with Gasteiger partial charge in [-0.3, -0.25) is 14.5 Å². The Balaban J connectivity index is 1.91. The number of benzene rings is 1. The third-order valence-electron chi connectivity index (χ3n) is 5.15. The van der Waals surface area contributed by atoms with Gasteiger partial charge in [0.1, 0.15) is 0 Å². The number of Topliss-reactive ketones (excluding diaryl/α,β-unsaturated/α-hetero) is 1. The van der Waals surface area contributed by atoms with E-state index in [1.54, 1.807) is 28.4 Å². The highest BCUT2D eigenvalue weighted by molar-refractivity contribution is 7.08. The van der Waals surface area contributed by atoms with Crippen molar-refractivity contribution in [3.8, 4) is 0 Å². The molecule has 2 aromatic rings. The Bertz CT molecular complexity index is 914. The van der Waals surface area contributed by atoms with Crippen LogP contribution in [-0.4, -0.2) is 11.7 Å². The smallest absolute Gasteiger partial charge is 0.232 e. The molecule has 1 aromatic carbocycles. The summed E-state index contributed by atoms with van der Waals surface area (Å²) in [5.41, 5.74) is 3.30. The average molecular weight is 386 g/mol. The largest absolute Gasteiger partial charge is 0.294 e. The standard InChI is InChI=1S/C21H20ClNO2S/c1-21(2)10-17-20(18(24)11-21)16(13-6-7-26-12-13)9-19(25)23(17)15-5-3-4-14(22)8-15/h3-8,12,16H,9-11H2,1-2H3. The van der Waals surface area contributed by atoms with Crippen molar-refractivity contribution in [1.29, 1.82) is 0 Å². The van der Waals surface area contributed by atoms with Gasteiger partial charge in [-0.1, -0.05) is 31.5 Å². The van der Waals surface area contributed by atoms with E-state index in [0.29, 0.717) is 24.3 Å². The molecule has 0 N–H and O–H groups in total. The van der Waals surface area contributed by atoms with Crippen LogP contribution in [0.5, 0.6) is 0 Å². The lowest BCUT2D eigenvalue weighted by molar-refractivity contribution is -0.121. The van der Waals surface area contributed by atoms with Gasteiger partial charge in [0.05, 0.1) is 5.69 Å². The van der Waals surface area contributed by atoms with Crippen LogP contribution in [-0.2, 0) is 9.59 Å². The monoisotopic (exact) mass is 385 g/mol. The van der Waals surface area contributed by atoms with E-state index in [-0.39, 0.29) is 23.0 Å². The molecule has 0 bridgehead atoms. The molecule has 4 rings (SSSR count). The Labute approximate surface area is 162 Å². The number of ketones is 1. The van der Waals surface area contributed by atoms with E-state index in [1.807, 2.05) is 29.0 Å². The lowest BCUT2D eigenvalue weighted by Crippen LogP contribution is -2.43. The molecule has 0 spiro atoms. The van der Waals surface area contributed by atoms with Crippen LogP contribution in [0, 0.1) is 5.41 Å². The Hall–Kier alpha value is -1.91. The number of hydrogen-bond donors (Lipinski definition) is 0. The highest BCUT2D eigenvalue weighted by Crippen LogP contribution is 2.48. The normalized spacial score (nSPS) is 22.6. The summed E-state index contributed by atoms with van der Waals surface area (Å²) in [6, 6.07) is 9.33. The SMILES string of the molecule is CC1(C)CC(=O)C2=C(C1)N(c1cccc(Cl)c1)C(=O)CC2c1ccsc1. The number of thiophene rings is 1. The lowest BCUT2D eigenvalue weighted by atomic mass is 9.69. The fourth-order valence-electron chi connectivity index (χ4n) is 4.09. The zero-order chi connectivity index (χ0) is 18.5. The van der Waals surface area contributed by atoms with Crippen molar-refractivity contribution < 1.29 is 9.59 Å². The van der Waals surface area contributed by atoms with Gasteiger partial charge in [0.25, 0.3) is 0 Å². The van der Waals surface area contributed by atoms with Gasteiger partial charge in [0, 0.05) is 35.1 Å². The maximum atomic E-state index is 13.1. The summed E-state index contributed by atoms with van der Waals surface area (Å²) in [6.07, 6.45) is 1.53. The summed E-state index contributed by atoms with van der Waals surface area (Å²) in [6.45, 7) is 4.17. The molecule has 1 atom stereocenters. The minimum atomic E-state index is -0.163. The van der Waals surface area contributed by atoms with Crippen LogP contribution >= 0.6 is 22.9 Å². The van der Waals surface area contributed by atoms with Crippen molar-refractivity contribution in [3.05, 3.63) is 62.9 Å². The summed E-state index contributed by atoms with van der Waals surface area (Å²) in [4.78, 5) is 27.9. The van der Waals surface area contributed by atoms with Crippen molar-refractivity contribution in [1.82, 2.24) is 0 Å². The molecule has 2 aliphatic rings. The number of carbonyl (C=O) groups is 2. The van der Waals surface area contributed by atoms with Gasteiger partial charge < -0.3 is 0 Å². The number of carbonyl (C=O) groups excluding carboxylic acids is 2. The Kier molecular flexibility index (Phi) is 4.28. The minimum Gasteiger partial charge on any atom is -0.294 e. The quantitative estimate of drug-likeness (QED) is 0.678. The summed E-state index contributed by atoms with van der Waals surface area (Å²) in [5.74, 6) is 0.0440. The zero-order valence-corrected chi connectivity index (χ0v) is 16.4. The average Bonchev–Trinajstić information content (AvgIpc) is 3.06. The molecule has 1 aliphatic heterocycles. The van der Waals surface area contributed by atoms with Crippen LogP contribution in [0.1, 0.15) is 44.6 Å². The van der Waals surface area contributed by atoms with Crippen molar-refractivity contribution in [2.45, 2.75) is 39.0 Å². The second-order valence-corrected chi connectivity index (χ2v) is 9.04. The highest BCUT2D eigenvalue weighted by atomic mass is 35.5. The first-order valence-electron chi connectivity index (χ1n) is 8.72. The third-order valence-corrected chi connectivity index (χ3v) is 6.09. The fraction of sp³-hybridized carbons (Fsp3) is 0.333. The number of anilines is 1. The summed E-state index contributed by atoms with van der Waals surface area (Å²) in [5, 5.41) is 4.63. The Morgan fingerprint density at radius 3 is 2.69 bits per heavy atom. The highest BCUT2D eigenvalue weighted by Gasteiger charge is 2.44. The van der Waals surface area contributed by atoms with E-state index in [4.69, 9.17) is 11.6 Å². The van der Waals surface area contributed by atoms with E-state index >= 15 is 0 Å². The van der Waals surface area contributed by atoms with Crippen molar-refractivity contribution in [3.63, 3.8) is 0 Å². The predicted molar refractivity (Wildman–Crippen MR) is 106 cm³/mol. The van der Waals surface area contributed by atoms with Gasteiger partial charge >= 0.3 is 0 Å². The molecule has 5 heteroatoms. The third kappa shape index (κ3) is 3.01. The Morgan fingerprint density at radius 1 is 1.19 bits per heavy atom. The maximum Gasteiger partial charge on any atom is 0.232 e. The van der Waals surface area contributed by atoms with Gasteiger partial charge in [-0.2, -0.15) is 11.3 Å². The molecule has 0 radical (unpaired) electrons. The molecule has 2 heterocycles. The van der Waals surface area contributed by atoms with Gasteiger partial charge in [-0.25, -0.2) is 0 Å². The van der Waals surface area contributed by atoms with Crippen LogP contribution < -0.4 is 4.90 Å².